The van der Waals surface area contributed by atoms with Crippen molar-refractivity contribution in [2.45, 2.75) is 13.8 Å². The van der Waals surface area contributed by atoms with Gasteiger partial charge in [0, 0.05) is 29.0 Å². The van der Waals surface area contributed by atoms with Gasteiger partial charge in [0.15, 0.2) is 0 Å². The molecule has 9 nitrogen and oxygen atoms in total. The zero-order valence-electron chi connectivity index (χ0n) is 19.0. The highest BCUT2D eigenvalue weighted by atomic mass is 16.5. The van der Waals surface area contributed by atoms with E-state index in [-0.39, 0.29) is 0 Å². The van der Waals surface area contributed by atoms with E-state index in [0.717, 1.165) is 46.0 Å². The number of aromatic nitrogens is 6. The second-order valence-corrected chi connectivity index (χ2v) is 7.70. The average molecular weight is 454 g/mol. The number of tetrazole rings is 1. The maximum atomic E-state index is 12.5. The topological polar surface area (TPSA) is 111 Å². The summed E-state index contributed by atoms with van der Waals surface area (Å²) in [4.78, 5) is 17.2. The summed E-state index contributed by atoms with van der Waals surface area (Å²) < 4.78 is 7.00. The molecule has 0 fully saturated rings. The predicted molar refractivity (Wildman–Crippen MR) is 130 cm³/mol. The SMILES string of the molecule is CCNc1cc(-n2c(C)nc3cccc(C(=O)OC)c32)ccc1-c1ccccc1-c1nn[nH]n1. The summed E-state index contributed by atoms with van der Waals surface area (Å²) in [5.74, 6) is 0.902. The highest BCUT2D eigenvalue weighted by Gasteiger charge is 2.20. The van der Waals surface area contributed by atoms with Gasteiger partial charge in [-0.2, -0.15) is 5.21 Å². The number of aryl methyl sites for hydroxylation is 1. The third-order valence-corrected chi connectivity index (χ3v) is 5.68. The Morgan fingerprint density at radius 1 is 1.06 bits per heavy atom. The molecule has 0 aliphatic heterocycles. The molecule has 9 heteroatoms. The van der Waals surface area contributed by atoms with Gasteiger partial charge < -0.3 is 10.1 Å². The Morgan fingerprint density at radius 2 is 1.88 bits per heavy atom. The third kappa shape index (κ3) is 3.57. The van der Waals surface area contributed by atoms with Crippen molar-refractivity contribution in [3.8, 4) is 28.2 Å². The summed E-state index contributed by atoms with van der Waals surface area (Å²) in [6.45, 7) is 4.71. The summed E-state index contributed by atoms with van der Waals surface area (Å²) >= 11 is 0. The molecule has 0 radical (unpaired) electrons. The molecule has 5 rings (SSSR count). The van der Waals surface area contributed by atoms with Crippen molar-refractivity contribution in [2.75, 3.05) is 19.0 Å². The van der Waals surface area contributed by atoms with Crippen molar-refractivity contribution in [3.05, 3.63) is 72.1 Å². The van der Waals surface area contributed by atoms with Crippen LogP contribution in [0, 0.1) is 6.92 Å². The minimum absolute atomic E-state index is 0.399. The number of carbonyl (C=O) groups excluding carboxylic acids is 1. The largest absolute Gasteiger partial charge is 0.465 e. The van der Waals surface area contributed by atoms with E-state index in [1.807, 2.05) is 54.0 Å². The quantitative estimate of drug-likeness (QED) is 0.367. The van der Waals surface area contributed by atoms with Crippen LogP contribution >= 0.6 is 0 Å². The lowest BCUT2D eigenvalue weighted by Gasteiger charge is -2.17. The molecule has 2 heterocycles. The zero-order chi connectivity index (χ0) is 23.7. The number of methoxy groups -OCH3 is 1. The number of fused-ring (bicyclic) bond motifs is 1. The van der Waals surface area contributed by atoms with Gasteiger partial charge >= 0.3 is 5.97 Å². The Kier molecular flexibility index (Phi) is 5.51. The smallest absolute Gasteiger partial charge is 0.340 e. The molecule has 0 aliphatic rings. The Morgan fingerprint density at radius 3 is 2.62 bits per heavy atom. The van der Waals surface area contributed by atoms with Gasteiger partial charge in [-0.1, -0.05) is 36.4 Å². The number of benzene rings is 3. The van der Waals surface area contributed by atoms with Crippen LogP contribution < -0.4 is 5.32 Å². The molecule has 0 atom stereocenters. The van der Waals surface area contributed by atoms with Crippen LogP contribution in [0.2, 0.25) is 0 Å². The van der Waals surface area contributed by atoms with Gasteiger partial charge in [0.05, 0.1) is 23.7 Å². The van der Waals surface area contributed by atoms with Crippen molar-refractivity contribution in [1.82, 2.24) is 30.2 Å². The zero-order valence-corrected chi connectivity index (χ0v) is 19.0. The van der Waals surface area contributed by atoms with Gasteiger partial charge in [0.2, 0.25) is 5.82 Å². The standard InChI is InChI=1S/C25H23N7O2/c1-4-26-22-14-16(32-15(2)27-21-11-7-10-20(23(21)32)25(33)34-3)12-13-18(22)17-8-5-6-9-19(17)24-28-30-31-29-24/h5-14,26H,4H2,1-3H3,(H,28,29,30,31). The Bertz CT molecular complexity index is 1490. The normalized spacial score (nSPS) is 11.0. The number of hydrogen-bond donors (Lipinski definition) is 2. The highest BCUT2D eigenvalue weighted by Crippen LogP contribution is 2.37. The lowest BCUT2D eigenvalue weighted by atomic mass is 9.97. The van der Waals surface area contributed by atoms with Crippen molar-refractivity contribution in [3.63, 3.8) is 0 Å². The van der Waals surface area contributed by atoms with Crippen LogP contribution in [0.4, 0.5) is 5.69 Å². The van der Waals surface area contributed by atoms with Gasteiger partial charge in [0.1, 0.15) is 5.82 Å². The van der Waals surface area contributed by atoms with Gasteiger partial charge in [-0.05, 0) is 48.9 Å². The number of hydrogen-bond acceptors (Lipinski definition) is 7. The van der Waals surface area contributed by atoms with Crippen molar-refractivity contribution in [2.24, 2.45) is 0 Å². The van der Waals surface area contributed by atoms with E-state index in [1.54, 1.807) is 6.07 Å². The third-order valence-electron chi connectivity index (χ3n) is 5.68. The molecule has 3 aromatic carbocycles. The second kappa shape index (κ2) is 8.78. The van der Waals surface area contributed by atoms with E-state index < -0.39 is 5.97 Å². The number of ether oxygens (including phenoxy) is 1. The first kappa shape index (κ1) is 21.3. The van der Waals surface area contributed by atoms with Crippen LogP contribution in [0.5, 0.6) is 0 Å². The summed E-state index contributed by atoms with van der Waals surface area (Å²) in [5.41, 5.74) is 6.60. The molecule has 0 bridgehead atoms. The van der Waals surface area contributed by atoms with E-state index in [9.17, 15) is 4.79 Å². The number of rotatable bonds is 6. The van der Waals surface area contributed by atoms with Gasteiger partial charge in [-0.3, -0.25) is 4.57 Å². The van der Waals surface area contributed by atoms with E-state index in [0.29, 0.717) is 16.9 Å². The lowest BCUT2D eigenvalue weighted by Crippen LogP contribution is -2.07. The molecule has 0 spiro atoms. The Hall–Kier alpha value is -4.53. The summed E-state index contributed by atoms with van der Waals surface area (Å²) in [5, 5.41) is 18.0. The van der Waals surface area contributed by atoms with E-state index in [4.69, 9.17) is 4.74 Å². The van der Waals surface area contributed by atoms with Gasteiger partial charge in [-0.25, -0.2) is 9.78 Å². The maximum absolute atomic E-state index is 12.5. The number of aromatic amines is 1. The molecule has 0 amide bonds. The van der Waals surface area contributed by atoms with Gasteiger partial charge in [-0.15, -0.1) is 10.2 Å². The first-order chi connectivity index (χ1) is 16.6. The van der Waals surface area contributed by atoms with Crippen LogP contribution in [0.3, 0.4) is 0 Å². The predicted octanol–water partition coefficient (Wildman–Crippen LogP) is 4.40. The number of esters is 1. The van der Waals surface area contributed by atoms with Crippen molar-refractivity contribution in [1.29, 1.82) is 0 Å². The van der Waals surface area contributed by atoms with Crippen molar-refractivity contribution >= 4 is 22.7 Å². The summed E-state index contributed by atoms with van der Waals surface area (Å²) in [6, 6.07) is 19.5. The fraction of sp³-hybridized carbons (Fsp3) is 0.160. The number of anilines is 1. The summed E-state index contributed by atoms with van der Waals surface area (Å²) in [6.07, 6.45) is 0. The van der Waals surface area contributed by atoms with E-state index in [1.165, 1.54) is 7.11 Å². The number of para-hydroxylation sites is 1. The fourth-order valence-corrected chi connectivity index (χ4v) is 4.27. The van der Waals surface area contributed by atoms with Gasteiger partial charge in [0.25, 0.3) is 0 Å². The number of H-pyrrole nitrogens is 1. The molecule has 0 unspecified atom stereocenters. The average Bonchev–Trinajstić information content (AvgIpc) is 3.51. The van der Waals surface area contributed by atoms with E-state index in [2.05, 4.69) is 50.0 Å². The molecular weight excluding hydrogens is 430 g/mol. The number of nitrogens with one attached hydrogen (secondary N) is 2. The molecule has 34 heavy (non-hydrogen) atoms. The first-order valence-corrected chi connectivity index (χ1v) is 10.9. The number of nitrogens with zero attached hydrogens (tertiary/aromatic N) is 5. The second-order valence-electron chi connectivity index (χ2n) is 7.70. The number of imidazole rings is 1. The molecule has 2 N–H and O–H groups in total. The molecule has 2 aromatic heterocycles. The lowest BCUT2D eigenvalue weighted by molar-refractivity contribution is 0.0602. The molecule has 0 aliphatic carbocycles. The Balaban J connectivity index is 1.71. The minimum atomic E-state index is -0.399. The Labute approximate surface area is 195 Å². The molecular formula is C25H23N7O2. The first-order valence-electron chi connectivity index (χ1n) is 10.9. The monoisotopic (exact) mass is 453 g/mol. The summed E-state index contributed by atoms with van der Waals surface area (Å²) in [7, 11) is 1.38. The van der Waals surface area contributed by atoms with Crippen LogP contribution in [0.15, 0.2) is 60.7 Å². The van der Waals surface area contributed by atoms with Crippen LogP contribution in [-0.2, 0) is 4.74 Å². The maximum Gasteiger partial charge on any atom is 0.340 e. The fourth-order valence-electron chi connectivity index (χ4n) is 4.27. The number of carbonyl (C=O) groups is 1. The molecule has 0 saturated heterocycles. The van der Waals surface area contributed by atoms with Crippen molar-refractivity contribution < 1.29 is 9.53 Å². The molecule has 170 valence electrons. The van der Waals surface area contributed by atoms with Crippen LogP contribution in [-0.4, -0.2) is 49.8 Å². The van der Waals surface area contributed by atoms with Crippen LogP contribution in [0.1, 0.15) is 23.1 Å². The van der Waals surface area contributed by atoms with E-state index >= 15 is 0 Å². The highest BCUT2D eigenvalue weighted by molar-refractivity contribution is 6.03. The minimum Gasteiger partial charge on any atom is -0.465 e. The molecule has 5 aromatic rings. The van der Waals surface area contributed by atoms with Crippen LogP contribution in [0.25, 0.3) is 39.2 Å². The molecule has 0 saturated carbocycles.